The zero-order chi connectivity index (χ0) is 16.4. The monoisotopic (exact) mass is 378 g/mol. The molecule has 1 aliphatic rings. The molecule has 0 saturated heterocycles. The van der Waals surface area contributed by atoms with Crippen LogP contribution in [-0.2, 0) is 11.3 Å². The minimum Gasteiger partial charge on any atom is -0.495 e. The third kappa shape index (κ3) is 3.10. The smallest absolute Gasteiger partial charge is 0.265 e. The van der Waals surface area contributed by atoms with Gasteiger partial charge in [-0.1, -0.05) is 0 Å². The number of carbonyl (C=O) groups excluding carboxylic acids is 1. The van der Waals surface area contributed by atoms with Gasteiger partial charge in [-0.3, -0.25) is 14.7 Å². The Morgan fingerprint density at radius 2 is 2.13 bits per heavy atom. The molecular formula is C16H15BrN2O4. The Morgan fingerprint density at radius 1 is 1.30 bits per heavy atom. The second-order valence-electron chi connectivity index (χ2n) is 4.91. The molecule has 2 heterocycles. The fourth-order valence-corrected chi connectivity index (χ4v) is 2.80. The van der Waals surface area contributed by atoms with E-state index in [1.54, 1.807) is 37.4 Å². The molecule has 0 unspecified atom stereocenters. The molecule has 0 bridgehead atoms. The van der Waals surface area contributed by atoms with E-state index in [0.29, 0.717) is 29.5 Å². The molecular weight excluding hydrogens is 364 g/mol. The third-order valence-electron chi connectivity index (χ3n) is 3.53. The molecule has 1 aromatic carbocycles. The van der Waals surface area contributed by atoms with Crippen LogP contribution in [0.15, 0.2) is 34.9 Å². The van der Waals surface area contributed by atoms with Gasteiger partial charge in [0.2, 0.25) is 0 Å². The van der Waals surface area contributed by atoms with Gasteiger partial charge >= 0.3 is 0 Å². The summed E-state index contributed by atoms with van der Waals surface area (Å²) in [6, 6.07) is 7.22. The molecule has 7 heteroatoms. The predicted octanol–water partition coefficient (Wildman–Crippen LogP) is 2.79. The first kappa shape index (κ1) is 15.6. The number of hydrogen-bond acceptors (Lipinski definition) is 5. The lowest BCUT2D eigenvalue weighted by Gasteiger charge is -2.29. The fourth-order valence-electron chi connectivity index (χ4n) is 2.32. The number of aromatic nitrogens is 1. The van der Waals surface area contributed by atoms with Gasteiger partial charge in [0.15, 0.2) is 6.61 Å². The van der Waals surface area contributed by atoms with E-state index in [2.05, 4.69) is 20.9 Å². The van der Waals surface area contributed by atoms with E-state index < -0.39 is 0 Å². The highest BCUT2D eigenvalue weighted by molar-refractivity contribution is 9.10. The summed E-state index contributed by atoms with van der Waals surface area (Å²) in [4.78, 5) is 18.2. The molecule has 0 aliphatic carbocycles. The summed E-state index contributed by atoms with van der Waals surface area (Å²) in [5.41, 5.74) is 1.42. The zero-order valence-corrected chi connectivity index (χ0v) is 14.3. The minimum absolute atomic E-state index is 0.00191. The number of hydrogen-bond donors (Lipinski definition) is 0. The molecule has 120 valence electrons. The normalized spacial score (nSPS) is 13.3. The van der Waals surface area contributed by atoms with Gasteiger partial charge in [-0.2, -0.15) is 0 Å². The highest BCUT2D eigenvalue weighted by Crippen LogP contribution is 2.40. The number of nitrogens with zero attached hydrogens (tertiary/aromatic N) is 2. The van der Waals surface area contributed by atoms with Gasteiger partial charge < -0.3 is 14.2 Å². The lowest BCUT2D eigenvalue weighted by Crippen LogP contribution is -2.38. The second-order valence-corrected chi connectivity index (χ2v) is 5.77. The number of anilines is 1. The van der Waals surface area contributed by atoms with E-state index in [1.807, 2.05) is 12.1 Å². The molecule has 1 amide bonds. The minimum atomic E-state index is -0.125. The standard InChI is InChI=1S/C16H15BrN2O4/c1-21-11-4-3-10(18-7-11)8-19-13-6-14(22-2)12(17)5-15(13)23-9-16(19)20/h3-7H,8-9H2,1-2H3. The van der Waals surface area contributed by atoms with E-state index in [0.717, 1.165) is 10.2 Å². The summed E-state index contributed by atoms with van der Waals surface area (Å²) < 4.78 is 16.7. The van der Waals surface area contributed by atoms with Gasteiger partial charge in [0, 0.05) is 12.1 Å². The van der Waals surface area contributed by atoms with E-state index >= 15 is 0 Å². The molecule has 0 atom stereocenters. The van der Waals surface area contributed by atoms with Crippen molar-refractivity contribution in [3.63, 3.8) is 0 Å². The summed E-state index contributed by atoms with van der Waals surface area (Å²) in [7, 11) is 3.16. The molecule has 0 radical (unpaired) electrons. The van der Waals surface area contributed by atoms with Crippen LogP contribution in [0.2, 0.25) is 0 Å². The summed E-state index contributed by atoms with van der Waals surface area (Å²) in [5.74, 6) is 1.81. The zero-order valence-electron chi connectivity index (χ0n) is 12.7. The van der Waals surface area contributed by atoms with Crippen LogP contribution in [0.1, 0.15) is 5.69 Å². The maximum Gasteiger partial charge on any atom is 0.265 e. The van der Waals surface area contributed by atoms with Crippen LogP contribution in [-0.4, -0.2) is 31.7 Å². The quantitative estimate of drug-likeness (QED) is 0.818. The number of ether oxygens (including phenoxy) is 3. The lowest BCUT2D eigenvalue weighted by atomic mass is 10.2. The molecule has 0 spiro atoms. The lowest BCUT2D eigenvalue weighted by molar-refractivity contribution is -0.121. The molecule has 0 N–H and O–H groups in total. The number of amides is 1. The second kappa shape index (κ2) is 6.45. The van der Waals surface area contributed by atoms with Crippen LogP contribution in [0.25, 0.3) is 0 Å². The first-order valence-electron chi connectivity index (χ1n) is 6.92. The molecule has 3 rings (SSSR count). The maximum atomic E-state index is 12.3. The van der Waals surface area contributed by atoms with Crippen LogP contribution in [0, 0.1) is 0 Å². The van der Waals surface area contributed by atoms with Crippen LogP contribution < -0.4 is 19.1 Å². The van der Waals surface area contributed by atoms with E-state index in [4.69, 9.17) is 14.2 Å². The van der Waals surface area contributed by atoms with Crippen LogP contribution >= 0.6 is 15.9 Å². The van der Waals surface area contributed by atoms with Crippen molar-refractivity contribution in [1.82, 2.24) is 4.98 Å². The molecule has 23 heavy (non-hydrogen) atoms. The topological polar surface area (TPSA) is 60.9 Å². The fraction of sp³-hybridized carbons (Fsp3) is 0.250. The summed E-state index contributed by atoms with van der Waals surface area (Å²) >= 11 is 3.42. The number of carbonyl (C=O) groups is 1. The van der Waals surface area contributed by atoms with Crippen molar-refractivity contribution in [3.8, 4) is 17.2 Å². The Labute approximate surface area is 142 Å². The Hall–Kier alpha value is -2.28. The molecule has 0 fully saturated rings. The van der Waals surface area contributed by atoms with Crippen molar-refractivity contribution in [1.29, 1.82) is 0 Å². The first-order valence-corrected chi connectivity index (χ1v) is 7.71. The summed E-state index contributed by atoms with van der Waals surface area (Å²) in [6.07, 6.45) is 1.63. The van der Waals surface area contributed by atoms with Crippen molar-refractivity contribution >= 4 is 27.5 Å². The van der Waals surface area contributed by atoms with E-state index in [9.17, 15) is 4.79 Å². The van der Waals surface area contributed by atoms with Crippen LogP contribution in [0.3, 0.4) is 0 Å². The van der Waals surface area contributed by atoms with Gasteiger partial charge in [0.05, 0.1) is 42.8 Å². The number of fused-ring (bicyclic) bond motifs is 1. The first-order chi connectivity index (χ1) is 11.1. The largest absolute Gasteiger partial charge is 0.495 e. The van der Waals surface area contributed by atoms with E-state index in [-0.39, 0.29) is 12.5 Å². The van der Waals surface area contributed by atoms with Crippen LogP contribution in [0.4, 0.5) is 5.69 Å². The third-order valence-corrected chi connectivity index (χ3v) is 4.15. The number of pyridine rings is 1. The SMILES string of the molecule is COc1ccc(CN2C(=O)COc3cc(Br)c(OC)cc32)nc1. The molecule has 6 nitrogen and oxygen atoms in total. The highest BCUT2D eigenvalue weighted by Gasteiger charge is 2.27. The Kier molecular flexibility index (Phi) is 4.38. The maximum absolute atomic E-state index is 12.3. The Morgan fingerprint density at radius 3 is 2.78 bits per heavy atom. The molecule has 1 aromatic heterocycles. The van der Waals surface area contributed by atoms with Gasteiger partial charge in [0.1, 0.15) is 17.2 Å². The summed E-state index contributed by atoms with van der Waals surface area (Å²) in [5, 5.41) is 0. The molecule has 0 saturated carbocycles. The van der Waals surface area contributed by atoms with Crippen molar-refractivity contribution in [2.24, 2.45) is 0 Å². The van der Waals surface area contributed by atoms with E-state index in [1.165, 1.54) is 0 Å². The predicted molar refractivity (Wildman–Crippen MR) is 88.2 cm³/mol. The average Bonchev–Trinajstić information content (AvgIpc) is 2.57. The van der Waals surface area contributed by atoms with Crippen molar-refractivity contribution < 1.29 is 19.0 Å². The van der Waals surface area contributed by atoms with Gasteiger partial charge in [-0.05, 0) is 28.1 Å². The molecule has 2 aromatic rings. The number of rotatable bonds is 4. The van der Waals surface area contributed by atoms with Gasteiger partial charge in [-0.25, -0.2) is 0 Å². The number of methoxy groups -OCH3 is 2. The van der Waals surface area contributed by atoms with Gasteiger partial charge in [0.25, 0.3) is 5.91 Å². The van der Waals surface area contributed by atoms with Crippen molar-refractivity contribution in [2.75, 3.05) is 25.7 Å². The van der Waals surface area contributed by atoms with Crippen molar-refractivity contribution in [3.05, 3.63) is 40.6 Å². The number of halogens is 1. The van der Waals surface area contributed by atoms with Crippen LogP contribution in [0.5, 0.6) is 17.2 Å². The highest BCUT2D eigenvalue weighted by atomic mass is 79.9. The number of benzene rings is 1. The Bertz CT molecular complexity index is 734. The Balaban J connectivity index is 1.94. The van der Waals surface area contributed by atoms with Gasteiger partial charge in [-0.15, -0.1) is 0 Å². The molecule has 1 aliphatic heterocycles. The average molecular weight is 379 g/mol. The summed E-state index contributed by atoms with van der Waals surface area (Å²) in [6.45, 7) is 0.353. The van der Waals surface area contributed by atoms with Crippen molar-refractivity contribution in [2.45, 2.75) is 6.54 Å².